The Labute approximate surface area is 81.7 Å². The van der Waals surface area contributed by atoms with Crippen molar-refractivity contribution in [2.75, 3.05) is 6.61 Å². The summed E-state index contributed by atoms with van der Waals surface area (Å²) in [5.74, 6) is -1.49. The van der Waals surface area contributed by atoms with Gasteiger partial charge < -0.3 is 10.5 Å². The molecule has 0 spiro atoms. The van der Waals surface area contributed by atoms with Crippen LogP contribution in [0.2, 0.25) is 0 Å². The van der Waals surface area contributed by atoms with Gasteiger partial charge in [-0.2, -0.15) is 0 Å². The summed E-state index contributed by atoms with van der Waals surface area (Å²) < 4.78 is 30.4. The van der Waals surface area contributed by atoms with Crippen molar-refractivity contribution in [3.63, 3.8) is 0 Å². The van der Waals surface area contributed by atoms with Crippen molar-refractivity contribution < 1.29 is 13.5 Å². The summed E-state index contributed by atoms with van der Waals surface area (Å²) in [7, 11) is 0. The van der Waals surface area contributed by atoms with Gasteiger partial charge in [-0.15, -0.1) is 0 Å². The average Bonchev–Trinajstić information content (AvgIpc) is 2.19. The highest BCUT2D eigenvalue weighted by Crippen LogP contribution is 2.15. The van der Waals surface area contributed by atoms with E-state index >= 15 is 0 Å². The molecule has 0 aromatic heterocycles. The molecule has 78 valence electrons. The zero-order valence-corrected chi connectivity index (χ0v) is 7.97. The molecule has 0 saturated heterocycles. The van der Waals surface area contributed by atoms with E-state index in [0.29, 0.717) is 12.4 Å². The van der Waals surface area contributed by atoms with Gasteiger partial charge in [0.05, 0.1) is 0 Å². The molecule has 2 N–H and O–H groups in total. The lowest BCUT2D eigenvalue weighted by atomic mass is 10.2. The van der Waals surface area contributed by atoms with Gasteiger partial charge in [0.25, 0.3) is 0 Å². The minimum absolute atomic E-state index is 0.0804. The Morgan fingerprint density at radius 1 is 1.36 bits per heavy atom. The summed E-state index contributed by atoms with van der Waals surface area (Å²) in [6.07, 6.45) is 0.781. The second-order valence-electron chi connectivity index (χ2n) is 3.06. The topological polar surface area (TPSA) is 35.2 Å². The van der Waals surface area contributed by atoms with Gasteiger partial charge in [0.2, 0.25) is 0 Å². The van der Waals surface area contributed by atoms with Crippen LogP contribution in [0.5, 0.6) is 5.75 Å². The first-order valence-electron chi connectivity index (χ1n) is 4.47. The fourth-order valence-electron chi connectivity index (χ4n) is 0.888. The van der Waals surface area contributed by atoms with E-state index in [4.69, 9.17) is 10.5 Å². The number of halogens is 2. The van der Waals surface area contributed by atoms with E-state index < -0.39 is 11.6 Å². The first-order chi connectivity index (χ1) is 6.63. The van der Waals surface area contributed by atoms with Crippen LogP contribution >= 0.6 is 0 Å². The van der Waals surface area contributed by atoms with Crippen LogP contribution in [-0.4, -0.2) is 12.6 Å². The first kappa shape index (κ1) is 10.9. The van der Waals surface area contributed by atoms with Crippen LogP contribution in [0.1, 0.15) is 13.3 Å². The Balaban J connectivity index is 2.55. The van der Waals surface area contributed by atoms with Gasteiger partial charge in [-0.3, -0.25) is 0 Å². The zero-order valence-electron chi connectivity index (χ0n) is 7.97. The molecule has 1 unspecified atom stereocenters. The smallest absolute Gasteiger partial charge is 0.162 e. The molecule has 0 radical (unpaired) electrons. The fourth-order valence-corrected chi connectivity index (χ4v) is 0.888. The van der Waals surface area contributed by atoms with Gasteiger partial charge >= 0.3 is 0 Å². The Hall–Kier alpha value is -1.16. The summed E-state index contributed by atoms with van der Waals surface area (Å²) in [5, 5.41) is 0. The van der Waals surface area contributed by atoms with Crippen LogP contribution in [0.25, 0.3) is 0 Å². The van der Waals surface area contributed by atoms with Crippen molar-refractivity contribution in [1.82, 2.24) is 0 Å². The third-order valence-corrected chi connectivity index (χ3v) is 1.88. The van der Waals surface area contributed by atoms with Crippen molar-refractivity contribution in [3.8, 4) is 5.75 Å². The zero-order chi connectivity index (χ0) is 10.6. The van der Waals surface area contributed by atoms with Crippen molar-refractivity contribution in [1.29, 1.82) is 0 Å². The molecular weight excluding hydrogens is 188 g/mol. The summed E-state index contributed by atoms with van der Waals surface area (Å²) in [4.78, 5) is 0. The van der Waals surface area contributed by atoms with Crippen molar-refractivity contribution >= 4 is 0 Å². The van der Waals surface area contributed by atoms with Gasteiger partial charge in [-0.25, -0.2) is 8.78 Å². The van der Waals surface area contributed by atoms with Crippen molar-refractivity contribution in [3.05, 3.63) is 29.8 Å². The molecule has 0 heterocycles. The van der Waals surface area contributed by atoms with Crippen LogP contribution in [0, 0.1) is 11.6 Å². The Kier molecular flexibility index (Phi) is 3.83. The van der Waals surface area contributed by atoms with E-state index in [-0.39, 0.29) is 6.04 Å². The Morgan fingerprint density at radius 2 is 2.07 bits per heavy atom. The highest BCUT2D eigenvalue weighted by molar-refractivity contribution is 5.23. The lowest BCUT2D eigenvalue weighted by molar-refractivity contribution is 0.283. The summed E-state index contributed by atoms with van der Waals surface area (Å²) in [6.45, 7) is 2.24. The minimum Gasteiger partial charge on any atom is -0.492 e. The molecule has 1 rings (SSSR count). The normalized spacial score (nSPS) is 12.6. The lowest BCUT2D eigenvalue weighted by Crippen LogP contribution is -2.26. The van der Waals surface area contributed by atoms with Crippen molar-refractivity contribution in [2.24, 2.45) is 5.73 Å². The number of nitrogens with two attached hydrogens (primary N) is 1. The van der Waals surface area contributed by atoms with Gasteiger partial charge in [-0.05, 0) is 18.6 Å². The van der Waals surface area contributed by atoms with Crippen LogP contribution in [-0.2, 0) is 0 Å². The van der Waals surface area contributed by atoms with E-state index in [0.717, 1.165) is 18.6 Å². The number of benzene rings is 1. The van der Waals surface area contributed by atoms with Gasteiger partial charge in [0, 0.05) is 12.1 Å². The van der Waals surface area contributed by atoms with Crippen LogP contribution < -0.4 is 10.5 Å². The van der Waals surface area contributed by atoms with Gasteiger partial charge in [0.1, 0.15) is 12.4 Å². The summed E-state index contributed by atoms with van der Waals surface area (Å²) in [5.41, 5.74) is 5.60. The number of hydrogen-bond donors (Lipinski definition) is 1. The van der Waals surface area contributed by atoms with Gasteiger partial charge in [0.15, 0.2) is 11.6 Å². The molecular formula is C10H13F2NO. The molecule has 4 heteroatoms. The van der Waals surface area contributed by atoms with Gasteiger partial charge in [-0.1, -0.05) is 6.92 Å². The Morgan fingerprint density at radius 3 is 2.64 bits per heavy atom. The molecule has 1 aromatic carbocycles. The molecule has 0 fully saturated rings. The molecule has 0 aliphatic carbocycles. The quantitative estimate of drug-likeness (QED) is 0.809. The maximum Gasteiger partial charge on any atom is 0.162 e. The number of hydrogen-bond acceptors (Lipinski definition) is 2. The van der Waals surface area contributed by atoms with E-state index in [1.807, 2.05) is 6.92 Å². The molecule has 1 atom stereocenters. The Bertz CT molecular complexity index is 304. The average molecular weight is 201 g/mol. The molecule has 0 aliphatic heterocycles. The largest absolute Gasteiger partial charge is 0.492 e. The third kappa shape index (κ3) is 2.96. The highest BCUT2D eigenvalue weighted by Gasteiger charge is 2.04. The van der Waals surface area contributed by atoms with E-state index in [2.05, 4.69) is 0 Å². The van der Waals surface area contributed by atoms with E-state index in [9.17, 15) is 8.78 Å². The lowest BCUT2D eigenvalue weighted by Gasteiger charge is -2.10. The number of rotatable bonds is 4. The number of ether oxygens (including phenoxy) is 1. The maximum absolute atomic E-state index is 12.7. The second kappa shape index (κ2) is 4.91. The second-order valence-corrected chi connectivity index (χ2v) is 3.06. The predicted octanol–water partition coefficient (Wildman–Crippen LogP) is 2.08. The van der Waals surface area contributed by atoms with Crippen LogP contribution in [0.15, 0.2) is 18.2 Å². The first-order valence-corrected chi connectivity index (χ1v) is 4.47. The molecule has 0 aliphatic rings. The summed E-state index contributed by atoms with van der Waals surface area (Å²) in [6, 6.07) is 3.34. The third-order valence-electron chi connectivity index (χ3n) is 1.88. The SMILES string of the molecule is CCC(N)COc1ccc(F)c(F)c1. The molecule has 14 heavy (non-hydrogen) atoms. The molecule has 1 aromatic rings. The molecule has 0 bridgehead atoms. The fraction of sp³-hybridized carbons (Fsp3) is 0.400. The van der Waals surface area contributed by atoms with Crippen LogP contribution in [0.3, 0.4) is 0 Å². The van der Waals surface area contributed by atoms with E-state index in [1.165, 1.54) is 6.07 Å². The summed E-state index contributed by atoms with van der Waals surface area (Å²) >= 11 is 0. The molecule has 2 nitrogen and oxygen atoms in total. The van der Waals surface area contributed by atoms with E-state index in [1.54, 1.807) is 0 Å². The standard InChI is InChI=1S/C10H13F2NO/c1-2-7(13)6-14-8-3-4-9(11)10(12)5-8/h3-5,7H,2,6,13H2,1H3. The van der Waals surface area contributed by atoms with Crippen LogP contribution in [0.4, 0.5) is 8.78 Å². The monoisotopic (exact) mass is 201 g/mol. The predicted molar refractivity (Wildman–Crippen MR) is 50.1 cm³/mol. The maximum atomic E-state index is 12.7. The molecule has 0 amide bonds. The minimum atomic E-state index is -0.910. The van der Waals surface area contributed by atoms with Crippen molar-refractivity contribution in [2.45, 2.75) is 19.4 Å². The molecule has 0 saturated carbocycles. The highest BCUT2D eigenvalue weighted by atomic mass is 19.2.